The molecule has 0 amide bonds. The van der Waals surface area contributed by atoms with Crippen LogP contribution in [0.4, 0.5) is 0 Å². The van der Waals surface area contributed by atoms with Gasteiger partial charge in [-0.15, -0.1) is 0 Å². The highest BCUT2D eigenvalue weighted by Crippen LogP contribution is 2.14. The van der Waals surface area contributed by atoms with Crippen molar-refractivity contribution >= 4 is 21.9 Å². The topological polar surface area (TPSA) is 52.1 Å². The standard InChI is InChI=1S/C10H13BrN2O2/c1-10(2,3)15-9(14)7-5-12-6-13-8(7)4-11/h5-6H,4H2,1-3H3. The fourth-order valence-electron chi connectivity index (χ4n) is 0.965. The molecule has 82 valence electrons. The monoisotopic (exact) mass is 272 g/mol. The molecule has 0 N–H and O–H groups in total. The van der Waals surface area contributed by atoms with E-state index in [0.29, 0.717) is 16.6 Å². The first-order valence-electron chi connectivity index (χ1n) is 4.52. The second kappa shape index (κ2) is 4.70. The number of carbonyl (C=O) groups is 1. The molecule has 0 saturated heterocycles. The van der Waals surface area contributed by atoms with Gasteiger partial charge >= 0.3 is 5.97 Å². The molecule has 0 spiro atoms. The summed E-state index contributed by atoms with van der Waals surface area (Å²) in [7, 11) is 0. The van der Waals surface area contributed by atoms with E-state index in [9.17, 15) is 4.79 Å². The smallest absolute Gasteiger partial charge is 0.342 e. The molecule has 0 radical (unpaired) electrons. The SMILES string of the molecule is CC(C)(C)OC(=O)c1cncnc1CBr. The van der Waals surface area contributed by atoms with Crippen molar-refractivity contribution in [3.8, 4) is 0 Å². The number of aromatic nitrogens is 2. The van der Waals surface area contributed by atoms with Crippen LogP contribution >= 0.6 is 15.9 Å². The molecule has 15 heavy (non-hydrogen) atoms. The van der Waals surface area contributed by atoms with Crippen molar-refractivity contribution in [1.82, 2.24) is 9.97 Å². The molecule has 5 heteroatoms. The van der Waals surface area contributed by atoms with Crippen LogP contribution in [0.1, 0.15) is 36.8 Å². The third kappa shape index (κ3) is 3.58. The summed E-state index contributed by atoms with van der Waals surface area (Å²) in [5.41, 5.74) is 0.541. The molecule has 0 fully saturated rings. The van der Waals surface area contributed by atoms with E-state index < -0.39 is 11.6 Å². The number of nitrogens with zero attached hydrogens (tertiary/aromatic N) is 2. The van der Waals surface area contributed by atoms with Gasteiger partial charge in [0, 0.05) is 11.5 Å². The summed E-state index contributed by atoms with van der Waals surface area (Å²) in [5, 5.41) is 0.504. The van der Waals surface area contributed by atoms with Gasteiger partial charge in [-0.2, -0.15) is 0 Å². The molecule has 1 rings (SSSR count). The lowest BCUT2D eigenvalue weighted by Gasteiger charge is -2.19. The van der Waals surface area contributed by atoms with Crippen molar-refractivity contribution in [3.05, 3.63) is 23.8 Å². The largest absolute Gasteiger partial charge is 0.456 e. The minimum Gasteiger partial charge on any atom is -0.456 e. The van der Waals surface area contributed by atoms with Gasteiger partial charge in [0.15, 0.2) is 0 Å². The minimum atomic E-state index is -0.503. The van der Waals surface area contributed by atoms with Gasteiger partial charge in [0.25, 0.3) is 0 Å². The van der Waals surface area contributed by atoms with Gasteiger partial charge < -0.3 is 4.74 Å². The number of alkyl halides is 1. The Kier molecular flexibility index (Phi) is 3.79. The first-order valence-corrected chi connectivity index (χ1v) is 5.64. The molecule has 0 aromatic carbocycles. The molecule has 0 unspecified atom stereocenters. The Hall–Kier alpha value is -0.970. The summed E-state index contributed by atoms with van der Waals surface area (Å²) < 4.78 is 5.23. The van der Waals surface area contributed by atoms with E-state index in [1.807, 2.05) is 20.8 Å². The zero-order valence-corrected chi connectivity index (χ0v) is 10.5. The van der Waals surface area contributed by atoms with Crippen LogP contribution < -0.4 is 0 Å². The van der Waals surface area contributed by atoms with E-state index >= 15 is 0 Å². The first-order chi connectivity index (χ1) is 6.94. The zero-order chi connectivity index (χ0) is 11.5. The van der Waals surface area contributed by atoms with Crippen LogP contribution in [-0.4, -0.2) is 21.5 Å². The second-order valence-electron chi connectivity index (χ2n) is 4.02. The molecule has 0 atom stereocenters. The van der Waals surface area contributed by atoms with E-state index in [-0.39, 0.29) is 0 Å². The summed E-state index contributed by atoms with van der Waals surface area (Å²) in [6.07, 6.45) is 2.88. The quantitative estimate of drug-likeness (QED) is 0.613. The van der Waals surface area contributed by atoms with E-state index in [1.54, 1.807) is 0 Å². The van der Waals surface area contributed by atoms with Crippen molar-refractivity contribution in [3.63, 3.8) is 0 Å². The lowest BCUT2D eigenvalue weighted by Crippen LogP contribution is -2.24. The van der Waals surface area contributed by atoms with Crippen LogP contribution in [0.15, 0.2) is 12.5 Å². The van der Waals surface area contributed by atoms with Crippen molar-refractivity contribution in [2.75, 3.05) is 0 Å². The highest BCUT2D eigenvalue weighted by molar-refractivity contribution is 9.08. The van der Waals surface area contributed by atoms with Gasteiger partial charge in [0.05, 0.1) is 5.69 Å². The highest BCUT2D eigenvalue weighted by atomic mass is 79.9. The van der Waals surface area contributed by atoms with Gasteiger partial charge in [0.1, 0.15) is 17.5 Å². The maximum Gasteiger partial charge on any atom is 0.342 e. The van der Waals surface area contributed by atoms with Crippen LogP contribution in [0.2, 0.25) is 0 Å². The lowest BCUT2D eigenvalue weighted by molar-refractivity contribution is 0.00676. The van der Waals surface area contributed by atoms with E-state index in [2.05, 4.69) is 25.9 Å². The van der Waals surface area contributed by atoms with Crippen LogP contribution in [0.25, 0.3) is 0 Å². The van der Waals surface area contributed by atoms with Crippen molar-refractivity contribution < 1.29 is 9.53 Å². The molecule has 1 aromatic rings. The summed E-state index contributed by atoms with van der Waals surface area (Å²) in [5.74, 6) is -0.391. The Morgan fingerprint density at radius 2 is 2.20 bits per heavy atom. The fraction of sp³-hybridized carbons (Fsp3) is 0.500. The summed E-state index contributed by atoms with van der Waals surface area (Å²) >= 11 is 3.26. The third-order valence-electron chi connectivity index (χ3n) is 1.54. The summed E-state index contributed by atoms with van der Waals surface area (Å²) in [6.45, 7) is 5.47. The van der Waals surface area contributed by atoms with E-state index in [0.717, 1.165) is 0 Å². The number of carbonyl (C=O) groups excluding carboxylic acids is 1. The van der Waals surface area contributed by atoms with Crippen LogP contribution in [-0.2, 0) is 10.1 Å². The van der Waals surface area contributed by atoms with Crippen LogP contribution in [0.3, 0.4) is 0 Å². The Balaban J connectivity index is 2.91. The molecular weight excluding hydrogens is 260 g/mol. The molecule has 0 aliphatic heterocycles. The molecule has 1 aromatic heterocycles. The maximum absolute atomic E-state index is 11.7. The van der Waals surface area contributed by atoms with Gasteiger partial charge in [-0.1, -0.05) is 15.9 Å². The molecule has 4 nitrogen and oxygen atoms in total. The number of rotatable bonds is 2. The zero-order valence-electron chi connectivity index (χ0n) is 8.95. The lowest BCUT2D eigenvalue weighted by atomic mass is 10.2. The number of esters is 1. The molecule has 1 heterocycles. The van der Waals surface area contributed by atoms with Gasteiger partial charge in [0.2, 0.25) is 0 Å². The Bertz CT molecular complexity index is 361. The van der Waals surface area contributed by atoms with E-state index in [1.165, 1.54) is 12.5 Å². The number of halogens is 1. The number of ether oxygens (including phenoxy) is 1. The van der Waals surface area contributed by atoms with Crippen molar-refractivity contribution in [1.29, 1.82) is 0 Å². The normalized spacial score (nSPS) is 11.2. The average molecular weight is 273 g/mol. The molecule has 0 aliphatic rings. The fourth-order valence-corrected chi connectivity index (χ4v) is 1.41. The van der Waals surface area contributed by atoms with Crippen molar-refractivity contribution in [2.24, 2.45) is 0 Å². The molecule has 0 saturated carbocycles. The Morgan fingerprint density at radius 1 is 1.53 bits per heavy atom. The predicted molar refractivity (Wildman–Crippen MR) is 59.8 cm³/mol. The third-order valence-corrected chi connectivity index (χ3v) is 2.07. The van der Waals surface area contributed by atoms with Gasteiger partial charge in [-0.25, -0.2) is 14.8 Å². The minimum absolute atomic E-state index is 0.391. The second-order valence-corrected chi connectivity index (χ2v) is 4.58. The van der Waals surface area contributed by atoms with Gasteiger partial charge in [-0.3, -0.25) is 0 Å². The number of hydrogen-bond donors (Lipinski definition) is 0. The first kappa shape index (κ1) is 12.1. The predicted octanol–water partition coefficient (Wildman–Crippen LogP) is 2.33. The van der Waals surface area contributed by atoms with Crippen LogP contribution in [0.5, 0.6) is 0 Å². The molecule has 0 aliphatic carbocycles. The number of hydrogen-bond acceptors (Lipinski definition) is 4. The Labute approximate surface area is 97.2 Å². The average Bonchev–Trinajstić information content (AvgIpc) is 2.15. The summed E-state index contributed by atoms with van der Waals surface area (Å²) in [4.78, 5) is 19.5. The highest BCUT2D eigenvalue weighted by Gasteiger charge is 2.20. The molecular formula is C10H13BrN2O2. The molecule has 0 bridgehead atoms. The van der Waals surface area contributed by atoms with Crippen LogP contribution in [0, 0.1) is 0 Å². The maximum atomic E-state index is 11.7. The van der Waals surface area contributed by atoms with E-state index in [4.69, 9.17) is 4.74 Å². The van der Waals surface area contributed by atoms with Crippen molar-refractivity contribution in [2.45, 2.75) is 31.7 Å². The summed E-state index contributed by atoms with van der Waals surface area (Å²) in [6, 6.07) is 0. The Morgan fingerprint density at radius 3 is 2.73 bits per heavy atom. The van der Waals surface area contributed by atoms with Gasteiger partial charge in [-0.05, 0) is 20.8 Å².